The zero-order chi connectivity index (χ0) is 8.97. The first-order valence-electron chi connectivity index (χ1n) is 3.98. The van der Waals surface area contributed by atoms with Gasteiger partial charge in [0.1, 0.15) is 5.75 Å². The molecule has 3 nitrogen and oxygen atoms in total. The molecule has 0 amide bonds. The summed E-state index contributed by atoms with van der Waals surface area (Å²) in [6, 6.07) is 3.75. The molecule has 0 saturated heterocycles. The summed E-state index contributed by atoms with van der Waals surface area (Å²) in [7, 11) is 1.64. The number of methoxy groups -OCH3 is 1. The van der Waals surface area contributed by atoms with Gasteiger partial charge in [-0.1, -0.05) is 6.92 Å². The van der Waals surface area contributed by atoms with Gasteiger partial charge in [-0.25, -0.2) is 0 Å². The first-order valence-corrected chi connectivity index (χ1v) is 3.98. The topological polar surface area (TPSA) is 48.1 Å². The number of rotatable bonds is 3. The molecule has 0 aromatic carbocycles. The zero-order valence-electron chi connectivity index (χ0n) is 7.45. The van der Waals surface area contributed by atoms with E-state index >= 15 is 0 Å². The van der Waals surface area contributed by atoms with Gasteiger partial charge in [0.15, 0.2) is 0 Å². The lowest BCUT2D eigenvalue weighted by Crippen LogP contribution is -2.11. The largest absolute Gasteiger partial charge is 0.495 e. The minimum Gasteiger partial charge on any atom is -0.495 e. The Morgan fingerprint density at radius 2 is 2.42 bits per heavy atom. The van der Waals surface area contributed by atoms with Crippen LogP contribution < -0.4 is 10.5 Å². The number of hydrogen-bond donors (Lipinski definition) is 1. The third-order valence-corrected chi connectivity index (χ3v) is 1.84. The minimum atomic E-state index is 0.251. The highest BCUT2D eigenvalue weighted by Crippen LogP contribution is 2.22. The summed E-state index contributed by atoms with van der Waals surface area (Å²) in [5.74, 6) is 1.07. The molecule has 1 atom stereocenters. The third kappa shape index (κ3) is 1.74. The van der Waals surface area contributed by atoms with Gasteiger partial charge in [0, 0.05) is 18.7 Å². The van der Waals surface area contributed by atoms with E-state index in [1.807, 2.05) is 19.1 Å². The first kappa shape index (κ1) is 9.00. The maximum atomic E-state index is 5.53. The summed E-state index contributed by atoms with van der Waals surface area (Å²) < 4.78 is 5.15. The van der Waals surface area contributed by atoms with E-state index in [0.29, 0.717) is 6.54 Å². The van der Waals surface area contributed by atoms with Gasteiger partial charge in [-0.3, -0.25) is 4.98 Å². The van der Waals surface area contributed by atoms with Crippen LogP contribution in [0.4, 0.5) is 0 Å². The van der Waals surface area contributed by atoms with Gasteiger partial charge in [-0.2, -0.15) is 0 Å². The molecular weight excluding hydrogens is 152 g/mol. The normalized spacial score (nSPS) is 12.6. The van der Waals surface area contributed by atoms with Gasteiger partial charge in [-0.05, 0) is 12.1 Å². The number of hydrogen-bond acceptors (Lipinski definition) is 3. The van der Waals surface area contributed by atoms with E-state index in [-0.39, 0.29) is 5.92 Å². The van der Waals surface area contributed by atoms with Gasteiger partial charge in [0.25, 0.3) is 0 Å². The molecule has 0 radical (unpaired) electrons. The fraction of sp³-hybridized carbons (Fsp3) is 0.444. The second kappa shape index (κ2) is 4.07. The van der Waals surface area contributed by atoms with Crippen molar-refractivity contribution in [3.63, 3.8) is 0 Å². The number of ether oxygens (including phenoxy) is 1. The predicted octanol–water partition coefficient (Wildman–Crippen LogP) is 1.15. The lowest BCUT2D eigenvalue weighted by atomic mass is 10.1. The molecule has 1 aromatic rings. The van der Waals surface area contributed by atoms with Crippen molar-refractivity contribution < 1.29 is 4.74 Å². The van der Waals surface area contributed by atoms with Gasteiger partial charge in [0.05, 0.1) is 12.8 Å². The maximum Gasteiger partial charge on any atom is 0.140 e. The third-order valence-electron chi connectivity index (χ3n) is 1.84. The molecule has 0 spiro atoms. The predicted molar refractivity (Wildman–Crippen MR) is 48.3 cm³/mol. The van der Waals surface area contributed by atoms with Crippen molar-refractivity contribution in [2.45, 2.75) is 12.8 Å². The van der Waals surface area contributed by atoms with Crippen molar-refractivity contribution in [1.29, 1.82) is 0 Å². The molecule has 0 saturated carbocycles. The summed E-state index contributed by atoms with van der Waals surface area (Å²) in [5, 5.41) is 0. The Hall–Kier alpha value is -1.09. The quantitative estimate of drug-likeness (QED) is 0.732. The zero-order valence-corrected chi connectivity index (χ0v) is 7.45. The molecule has 66 valence electrons. The van der Waals surface area contributed by atoms with Crippen LogP contribution >= 0.6 is 0 Å². The lowest BCUT2D eigenvalue weighted by Gasteiger charge is -2.11. The van der Waals surface area contributed by atoms with Crippen LogP contribution in [0.5, 0.6) is 5.75 Å². The van der Waals surface area contributed by atoms with Crippen LogP contribution in [0.3, 0.4) is 0 Å². The number of nitrogens with two attached hydrogens (primary N) is 1. The smallest absolute Gasteiger partial charge is 0.140 e. The molecular formula is C9H14N2O. The van der Waals surface area contributed by atoms with Crippen LogP contribution in [-0.2, 0) is 0 Å². The average Bonchev–Trinajstić information content (AvgIpc) is 2.16. The van der Waals surface area contributed by atoms with Crippen LogP contribution in [0.2, 0.25) is 0 Å². The summed E-state index contributed by atoms with van der Waals surface area (Å²) in [6.45, 7) is 2.62. The van der Waals surface area contributed by atoms with E-state index in [4.69, 9.17) is 10.5 Å². The van der Waals surface area contributed by atoms with E-state index in [9.17, 15) is 0 Å². The van der Waals surface area contributed by atoms with Crippen molar-refractivity contribution in [3.8, 4) is 5.75 Å². The fourth-order valence-corrected chi connectivity index (χ4v) is 1.06. The fourth-order valence-electron chi connectivity index (χ4n) is 1.06. The van der Waals surface area contributed by atoms with E-state index in [1.165, 1.54) is 0 Å². The molecule has 0 aliphatic carbocycles. The molecule has 1 heterocycles. The van der Waals surface area contributed by atoms with Gasteiger partial charge >= 0.3 is 0 Å². The second-order valence-corrected chi connectivity index (χ2v) is 2.73. The molecule has 1 unspecified atom stereocenters. The van der Waals surface area contributed by atoms with Crippen molar-refractivity contribution in [2.24, 2.45) is 5.73 Å². The molecule has 12 heavy (non-hydrogen) atoms. The van der Waals surface area contributed by atoms with E-state index < -0.39 is 0 Å². The van der Waals surface area contributed by atoms with Gasteiger partial charge in [-0.15, -0.1) is 0 Å². The Morgan fingerprint density at radius 3 is 3.00 bits per heavy atom. The molecule has 0 bridgehead atoms. The highest BCUT2D eigenvalue weighted by molar-refractivity contribution is 5.29. The van der Waals surface area contributed by atoms with Crippen LogP contribution in [0.15, 0.2) is 18.3 Å². The standard InChI is InChI=1S/C9H14N2O/c1-7(6-10)9-8(12-2)4-3-5-11-9/h3-5,7H,6,10H2,1-2H3. The Balaban J connectivity index is 2.96. The maximum absolute atomic E-state index is 5.53. The Kier molecular flexibility index (Phi) is 3.05. The summed E-state index contributed by atoms with van der Waals surface area (Å²) in [6.07, 6.45) is 1.75. The summed E-state index contributed by atoms with van der Waals surface area (Å²) in [5.41, 5.74) is 6.46. The number of nitrogens with zero attached hydrogens (tertiary/aromatic N) is 1. The molecule has 0 aliphatic rings. The second-order valence-electron chi connectivity index (χ2n) is 2.73. The van der Waals surface area contributed by atoms with E-state index in [1.54, 1.807) is 13.3 Å². The highest BCUT2D eigenvalue weighted by Gasteiger charge is 2.09. The van der Waals surface area contributed by atoms with Crippen LogP contribution in [-0.4, -0.2) is 18.6 Å². The average molecular weight is 166 g/mol. The van der Waals surface area contributed by atoms with Crippen LogP contribution in [0.25, 0.3) is 0 Å². The van der Waals surface area contributed by atoms with Gasteiger partial charge < -0.3 is 10.5 Å². The van der Waals surface area contributed by atoms with Crippen LogP contribution in [0.1, 0.15) is 18.5 Å². The SMILES string of the molecule is COc1cccnc1C(C)CN. The molecule has 0 aliphatic heterocycles. The van der Waals surface area contributed by atoms with Crippen molar-refractivity contribution >= 4 is 0 Å². The Morgan fingerprint density at radius 1 is 1.67 bits per heavy atom. The molecule has 1 rings (SSSR count). The minimum absolute atomic E-state index is 0.251. The van der Waals surface area contributed by atoms with E-state index in [0.717, 1.165) is 11.4 Å². The van der Waals surface area contributed by atoms with Crippen molar-refractivity contribution in [1.82, 2.24) is 4.98 Å². The number of pyridine rings is 1. The van der Waals surface area contributed by atoms with E-state index in [2.05, 4.69) is 4.98 Å². The monoisotopic (exact) mass is 166 g/mol. The van der Waals surface area contributed by atoms with Gasteiger partial charge in [0.2, 0.25) is 0 Å². The molecule has 0 fully saturated rings. The summed E-state index contributed by atoms with van der Waals surface area (Å²) >= 11 is 0. The number of aromatic nitrogens is 1. The molecule has 3 heteroatoms. The molecule has 2 N–H and O–H groups in total. The van der Waals surface area contributed by atoms with Crippen molar-refractivity contribution in [3.05, 3.63) is 24.0 Å². The summed E-state index contributed by atoms with van der Waals surface area (Å²) in [4.78, 5) is 4.22. The first-order chi connectivity index (χ1) is 5.79. The van der Waals surface area contributed by atoms with Crippen LogP contribution in [0, 0.1) is 0 Å². The molecule has 1 aromatic heterocycles. The lowest BCUT2D eigenvalue weighted by molar-refractivity contribution is 0.403. The highest BCUT2D eigenvalue weighted by atomic mass is 16.5. The van der Waals surface area contributed by atoms with Crippen molar-refractivity contribution in [2.75, 3.05) is 13.7 Å². The Bertz CT molecular complexity index is 250. The Labute approximate surface area is 72.6 Å².